The van der Waals surface area contributed by atoms with E-state index in [9.17, 15) is 13.2 Å². The molecule has 0 aliphatic carbocycles. The molecule has 0 atom stereocenters. The lowest BCUT2D eigenvalue weighted by Gasteiger charge is -2.16. The summed E-state index contributed by atoms with van der Waals surface area (Å²) in [6, 6.07) is 11.8. The molecule has 0 aliphatic rings. The van der Waals surface area contributed by atoms with Gasteiger partial charge in [0.25, 0.3) is 5.91 Å². The van der Waals surface area contributed by atoms with Gasteiger partial charge in [0.15, 0.2) is 4.80 Å². The summed E-state index contributed by atoms with van der Waals surface area (Å²) in [4.78, 5) is 17.6. The lowest BCUT2D eigenvalue weighted by Crippen LogP contribution is -2.27. The standard InChI is InChI=1S/C20H22BrN3O3S2/c1-4-5-12-23(2)29(26,27)16-9-6-14(7-10-16)19(25)22-20-24(3)17-11-8-15(21)13-18(17)28-20/h6-11,13H,4-5,12H2,1-3H3. The largest absolute Gasteiger partial charge is 0.319 e. The third-order valence-electron chi connectivity index (χ3n) is 4.60. The highest BCUT2D eigenvalue weighted by Crippen LogP contribution is 2.22. The molecule has 154 valence electrons. The normalized spacial score (nSPS) is 12.8. The minimum Gasteiger partial charge on any atom is -0.319 e. The number of carbonyl (C=O) groups excluding carboxylic acids is 1. The fraction of sp³-hybridized carbons (Fsp3) is 0.300. The summed E-state index contributed by atoms with van der Waals surface area (Å²) in [5.74, 6) is -0.408. The Kier molecular flexibility index (Phi) is 6.72. The van der Waals surface area contributed by atoms with Gasteiger partial charge in [-0.15, -0.1) is 0 Å². The first kappa shape index (κ1) is 21.9. The van der Waals surface area contributed by atoms with E-state index >= 15 is 0 Å². The van der Waals surface area contributed by atoms with Crippen molar-refractivity contribution in [1.29, 1.82) is 0 Å². The number of halogens is 1. The molecule has 0 saturated carbocycles. The number of carbonyl (C=O) groups is 1. The fourth-order valence-corrected chi connectivity index (χ4v) is 5.59. The summed E-state index contributed by atoms with van der Waals surface area (Å²) in [5, 5.41) is 0. The van der Waals surface area contributed by atoms with Crippen LogP contribution in [-0.4, -0.2) is 36.8 Å². The van der Waals surface area contributed by atoms with Gasteiger partial charge in [-0.1, -0.05) is 40.6 Å². The van der Waals surface area contributed by atoms with Crippen LogP contribution in [0.1, 0.15) is 30.1 Å². The Balaban J connectivity index is 1.88. The zero-order valence-corrected chi connectivity index (χ0v) is 19.6. The van der Waals surface area contributed by atoms with Crippen molar-refractivity contribution in [3.63, 3.8) is 0 Å². The Bertz CT molecular complexity index is 1210. The Hall–Kier alpha value is -1.81. The first-order chi connectivity index (χ1) is 13.7. The monoisotopic (exact) mass is 495 g/mol. The zero-order chi connectivity index (χ0) is 21.2. The molecule has 3 aromatic rings. The van der Waals surface area contributed by atoms with Gasteiger partial charge < -0.3 is 4.57 Å². The Morgan fingerprint density at radius 2 is 1.90 bits per heavy atom. The topological polar surface area (TPSA) is 71.7 Å². The summed E-state index contributed by atoms with van der Waals surface area (Å²) in [6.07, 6.45) is 1.72. The van der Waals surface area contributed by atoms with Crippen molar-refractivity contribution in [3.8, 4) is 0 Å². The van der Waals surface area contributed by atoms with E-state index in [1.165, 1.54) is 39.9 Å². The maximum Gasteiger partial charge on any atom is 0.279 e. The number of rotatable bonds is 6. The number of nitrogens with zero attached hydrogens (tertiary/aromatic N) is 3. The first-order valence-corrected chi connectivity index (χ1v) is 12.2. The summed E-state index contributed by atoms with van der Waals surface area (Å²) in [7, 11) is -0.125. The predicted molar refractivity (Wildman–Crippen MR) is 120 cm³/mol. The average Bonchev–Trinajstić information content (AvgIpc) is 3.00. The van der Waals surface area contributed by atoms with Crippen molar-refractivity contribution in [2.24, 2.45) is 12.0 Å². The second-order valence-electron chi connectivity index (χ2n) is 6.68. The first-order valence-electron chi connectivity index (χ1n) is 9.14. The number of benzene rings is 2. The number of thiazole rings is 1. The van der Waals surface area contributed by atoms with Crippen molar-refractivity contribution in [3.05, 3.63) is 57.3 Å². The van der Waals surface area contributed by atoms with Crippen LogP contribution in [0.2, 0.25) is 0 Å². The predicted octanol–water partition coefficient (Wildman–Crippen LogP) is 4.16. The Labute approximate surface area is 182 Å². The molecule has 0 N–H and O–H groups in total. The summed E-state index contributed by atoms with van der Waals surface area (Å²) < 4.78 is 30.4. The van der Waals surface area contributed by atoms with Gasteiger partial charge in [-0.25, -0.2) is 12.7 Å². The van der Waals surface area contributed by atoms with Crippen LogP contribution in [-0.2, 0) is 17.1 Å². The molecular formula is C20H22BrN3O3S2. The van der Waals surface area contributed by atoms with E-state index in [2.05, 4.69) is 20.9 Å². The molecule has 0 aliphatic heterocycles. The van der Waals surface area contributed by atoms with E-state index in [1.807, 2.05) is 36.7 Å². The Morgan fingerprint density at radius 3 is 2.55 bits per heavy atom. The number of unbranched alkanes of at least 4 members (excludes halogenated alkanes) is 1. The number of hydrogen-bond acceptors (Lipinski definition) is 4. The Morgan fingerprint density at radius 1 is 1.21 bits per heavy atom. The van der Waals surface area contributed by atoms with Crippen molar-refractivity contribution < 1.29 is 13.2 Å². The third-order valence-corrected chi connectivity index (χ3v) is 8.06. The molecule has 9 heteroatoms. The van der Waals surface area contributed by atoms with E-state index in [0.717, 1.165) is 27.5 Å². The van der Waals surface area contributed by atoms with Crippen LogP contribution in [0.5, 0.6) is 0 Å². The van der Waals surface area contributed by atoms with E-state index in [4.69, 9.17) is 0 Å². The van der Waals surface area contributed by atoms with Crippen LogP contribution in [0.15, 0.2) is 56.8 Å². The fourth-order valence-electron chi connectivity index (χ4n) is 2.82. The van der Waals surface area contributed by atoms with Gasteiger partial charge in [0.1, 0.15) is 0 Å². The maximum atomic E-state index is 12.6. The molecule has 0 bridgehead atoms. The van der Waals surface area contributed by atoms with Crippen molar-refractivity contribution in [1.82, 2.24) is 8.87 Å². The molecular weight excluding hydrogens is 474 g/mol. The summed E-state index contributed by atoms with van der Waals surface area (Å²) >= 11 is 4.87. The molecule has 6 nitrogen and oxygen atoms in total. The maximum absolute atomic E-state index is 12.6. The molecule has 0 radical (unpaired) electrons. The van der Waals surface area contributed by atoms with Crippen LogP contribution >= 0.6 is 27.3 Å². The van der Waals surface area contributed by atoms with Crippen LogP contribution in [0.4, 0.5) is 0 Å². The van der Waals surface area contributed by atoms with Gasteiger partial charge in [-0.3, -0.25) is 4.79 Å². The van der Waals surface area contributed by atoms with Crippen LogP contribution < -0.4 is 4.80 Å². The van der Waals surface area contributed by atoms with Gasteiger partial charge in [0.05, 0.1) is 15.1 Å². The van der Waals surface area contributed by atoms with Crippen LogP contribution in [0.3, 0.4) is 0 Å². The molecule has 1 amide bonds. The SMILES string of the molecule is CCCCN(C)S(=O)(=O)c1ccc(C(=O)N=c2sc3cc(Br)ccc3n2C)cc1. The second-order valence-corrected chi connectivity index (χ2v) is 10.6. The molecule has 0 unspecified atom stereocenters. The van der Waals surface area contributed by atoms with Gasteiger partial charge >= 0.3 is 0 Å². The lowest BCUT2D eigenvalue weighted by molar-refractivity contribution is 0.0998. The van der Waals surface area contributed by atoms with Crippen molar-refractivity contribution >= 4 is 53.4 Å². The van der Waals surface area contributed by atoms with Gasteiger partial charge in [0.2, 0.25) is 10.0 Å². The molecule has 1 heterocycles. The summed E-state index contributed by atoms with van der Waals surface area (Å²) in [5.41, 5.74) is 1.33. The zero-order valence-electron chi connectivity index (χ0n) is 16.4. The third kappa shape index (κ3) is 4.69. The molecule has 0 saturated heterocycles. The van der Waals surface area contributed by atoms with Crippen molar-refractivity contribution in [2.75, 3.05) is 13.6 Å². The smallest absolute Gasteiger partial charge is 0.279 e. The molecule has 1 aromatic heterocycles. The van der Waals surface area contributed by atoms with Gasteiger partial charge in [0, 0.05) is 30.7 Å². The highest BCUT2D eigenvalue weighted by molar-refractivity contribution is 9.10. The quantitative estimate of drug-likeness (QED) is 0.515. The number of aromatic nitrogens is 1. The van der Waals surface area contributed by atoms with Crippen LogP contribution in [0.25, 0.3) is 10.2 Å². The number of hydrogen-bond donors (Lipinski definition) is 0. The minimum atomic E-state index is -3.56. The highest BCUT2D eigenvalue weighted by Gasteiger charge is 2.20. The van der Waals surface area contributed by atoms with E-state index in [0.29, 0.717) is 16.9 Å². The second kappa shape index (κ2) is 8.91. The number of sulfonamides is 1. The minimum absolute atomic E-state index is 0.171. The van der Waals surface area contributed by atoms with E-state index in [-0.39, 0.29) is 4.90 Å². The van der Waals surface area contributed by atoms with E-state index < -0.39 is 15.9 Å². The average molecular weight is 496 g/mol. The number of aryl methyl sites for hydroxylation is 1. The summed E-state index contributed by atoms with van der Waals surface area (Å²) in [6.45, 7) is 2.48. The lowest BCUT2D eigenvalue weighted by atomic mass is 10.2. The van der Waals surface area contributed by atoms with E-state index in [1.54, 1.807) is 7.05 Å². The van der Waals surface area contributed by atoms with Gasteiger partial charge in [-0.05, 0) is 48.9 Å². The highest BCUT2D eigenvalue weighted by atomic mass is 79.9. The van der Waals surface area contributed by atoms with Gasteiger partial charge in [-0.2, -0.15) is 4.99 Å². The van der Waals surface area contributed by atoms with Crippen LogP contribution in [0, 0.1) is 0 Å². The number of amides is 1. The molecule has 0 spiro atoms. The molecule has 3 rings (SSSR count). The molecule has 0 fully saturated rings. The molecule has 2 aromatic carbocycles. The van der Waals surface area contributed by atoms with Crippen molar-refractivity contribution in [2.45, 2.75) is 24.7 Å². The number of fused-ring (bicyclic) bond motifs is 1. The molecule has 29 heavy (non-hydrogen) atoms.